The molecule has 1 atom stereocenters. The smallest absolute Gasteiger partial charge is 0.213 e. The Hall–Kier alpha value is -1.39. The molecule has 2 aromatic rings. The van der Waals surface area contributed by atoms with E-state index in [1.165, 1.54) is 0 Å². The highest BCUT2D eigenvalue weighted by Gasteiger charge is 2.04. The number of halogens is 1. The summed E-state index contributed by atoms with van der Waals surface area (Å²) < 4.78 is 6.73. The Kier molecular flexibility index (Phi) is 4.93. The molecule has 1 aromatic carbocycles. The molecular formula is C15H17BrN2O. The molecule has 0 spiro atoms. The first-order valence-corrected chi connectivity index (χ1v) is 6.99. The van der Waals surface area contributed by atoms with Crippen LogP contribution in [0.5, 0.6) is 5.88 Å². The molecular weight excluding hydrogens is 304 g/mol. The standard InChI is InChI=1S/C15H17BrN2O/c1-11(17-2)12-7-8-15(18-9-12)19-10-13-5-3-4-6-14(13)16/h3-9,11,17H,10H2,1-2H3. The monoisotopic (exact) mass is 320 g/mol. The summed E-state index contributed by atoms with van der Waals surface area (Å²) in [6.07, 6.45) is 1.84. The third kappa shape index (κ3) is 3.78. The maximum absolute atomic E-state index is 5.68. The quantitative estimate of drug-likeness (QED) is 0.912. The first kappa shape index (κ1) is 14.0. The minimum absolute atomic E-state index is 0.296. The van der Waals surface area contributed by atoms with Crippen molar-refractivity contribution in [2.75, 3.05) is 7.05 Å². The number of ether oxygens (including phenoxy) is 1. The minimum Gasteiger partial charge on any atom is -0.473 e. The molecule has 1 N–H and O–H groups in total. The van der Waals surface area contributed by atoms with Gasteiger partial charge >= 0.3 is 0 Å². The summed E-state index contributed by atoms with van der Waals surface area (Å²) >= 11 is 3.50. The Morgan fingerprint density at radius 1 is 1.26 bits per heavy atom. The van der Waals surface area contributed by atoms with Crippen molar-refractivity contribution in [2.45, 2.75) is 19.6 Å². The Morgan fingerprint density at radius 3 is 2.68 bits per heavy atom. The summed E-state index contributed by atoms with van der Waals surface area (Å²) in [4.78, 5) is 4.31. The molecule has 100 valence electrons. The number of rotatable bonds is 5. The predicted molar refractivity (Wildman–Crippen MR) is 80.2 cm³/mol. The van der Waals surface area contributed by atoms with Crippen molar-refractivity contribution in [3.8, 4) is 5.88 Å². The van der Waals surface area contributed by atoms with Gasteiger partial charge in [-0.3, -0.25) is 0 Å². The number of nitrogens with zero attached hydrogens (tertiary/aromatic N) is 1. The van der Waals surface area contributed by atoms with Crippen LogP contribution in [0.25, 0.3) is 0 Å². The number of hydrogen-bond donors (Lipinski definition) is 1. The molecule has 3 nitrogen and oxygen atoms in total. The number of benzene rings is 1. The van der Waals surface area contributed by atoms with E-state index in [4.69, 9.17) is 4.74 Å². The van der Waals surface area contributed by atoms with Crippen LogP contribution in [0.3, 0.4) is 0 Å². The highest BCUT2D eigenvalue weighted by Crippen LogP contribution is 2.19. The highest BCUT2D eigenvalue weighted by molar-refractivity contribution is 9.10. The molecule has 0 fully saturated rings. The Morgan fingerprint density at radius 2 is 2.05 bits per heavy atom. The molecule has 0 aliphatic carbocycles. The van der Waals surface area contributed by atoms with Gasteiger partial charge in [0.1, 0.15) is 6.61 Å². The molecule has 4 heteroatoms. The van der Waals surface area contributed by atoms with Gasteiger partial charge in [-0.05, 0) is 25.6 Å². The van der Waals surface area contributed by atoms with Crippen LogP contribution in [0, 0.1) is 0 Å². The number of aromatic nitrogens is 1. The molecule has 0 aliphatic rings. The molecule has 1 heterocycles. The summed E-state index contributed by atoms with van der Waals surface area (Å²) in [5.74, 6) is 0.641. The fraction of sp³-hybridized carbons (Fsp3) is 0.267. The highest BCUT2D eigenvalue weighted by atomic mass is 79.9. The Balaban J connectivity index is 1.99. The van der Waals surface area contributed by atoms with Crippen LogP contribution in [0.4, 0.5) is 0 Å². The van der Waals surface area contributed by atoms with Crippen LogP contribution >= 0.6 is 15.9 Å². The van der Waals surface area contributed by atoms with Gasteiger partial charge in [0.05, 0.1) is 0 Å². The summed E-state index contributed by atoms with van der Waals surface area (Å²) in [6, 6.07) is 12.2. The molecule has 1 aromatic heterocycles. The maximum Gasteiger partial charge on any atom is 0.213 e. The molecule has 0 radical (unpaired) electrons. The van der Waals surface area contributed by atoms with E-state index in [1.54, 1.807) is 0 Å². The van der Waals surface area contributed by atoms with Gasteiger partial charge in [-0.2, -0.15) is 0 Å². The molecule has 19 heavy (non-hydrogen) atoms. The second kappa shape index (κ2) is 6.68. The topological polar surface area (TPSA) is 34.1 Å². The summed E-state index contributed by atoms with van der Waals surface area (Å²) in [5, 5.41) is 3.18. The first-order chi connectivity index (χ1) is 9.20. The normalized spacial score (nSPS) is 12.2. The average molecular weight is 321 g/mol. The molecule has 0 bridgehead atoms. The summed E-state index contributed by atoms with van der Waals surface area (Å²) in [6.45, 7) is 2.61. The van der Waals surface area contributed by atoms with E-state index in [0.29, 0.717) is 18.5 Å². The molecule has 0 saturated heterocycles. The zero-order chi connectivity index (χ0) is 13.7. The van der Waals surface area contributed by atoms with Gasteiger partial charge in [-0.1, -0.05) is 40.2 Å². The Bertz CT molecular complexity index is 528. The second-order valence-electron chi connectivity index (χ2n) is 4.32. The number of pyridine rings is 1. The third-order valence-corrected chi connectivity index (χ3v) is 3.80. The predicted octanol–water partition coefficient (Wildman–Crippen LogP) is 3.70. The maximum atomic E-state index is 5.68. The molecule has 1 unspecified atom stereocenters. The van der Waals surface area contributed by atoms with Gasteiger partial charge in [0, 0.05) is 28.3 Å². The van der Waals surface area contributed by atoms with Gasteiger partial charge < -0.3 is 10.1 Å². The van der Waals surface area contributed by atoms with Gasteiger partial charge in [0.15, 0.2) is 0 Å². The second-order valence-corrected chi connectivity index (χ2v) is 5.17. The van der Waals surface area contributed by atoms with Gasteiger partial charge in [0.25, 0.3) is 0 Å². The molecule has 0 aliphatic heterocycles. The molecule has 0 amide bonds. The van der Waals surface area contributed by atoms with E-state index in [1.807, 2.05) is 49.6 Å². The SMILES string of the molecule is CNC(C)c1ccc(OCc2ccccc2Br)nc1. The van der Waals surface area contributed by atoms with Crippen molar-refractivity contribution in [3.63, 3.8) is 0 Å². The van der Waals surface area contributed by atoms with Crippen molar-refractivity contribution in [1.82, 2.24) is 10.3 Å². The van der Waals surface area contributed by atoms with Crippen LogP contribution in [0.2, 0.25) is 0 Å². The zero-order valence-electron chi connectivity index (χ0n) is 11.1. The molecule has 2 rings (SSSR count). The zero-order valence-corrected chi connectivity index (χ0v) is 12.6. The van der Waals surface area contributed by atoms with Crippen molar-refractivity contribution in [2.24, 2.45) is 0 Å². The van der Waals surface area contributed by atoms with Crippen molar-refractivity contribution in [3.05, 3.63) is 58.2 Å². The van der Waals surface area contributed by atoms with E-state index in [-0.39, 0.29) is 0 Å². The van der Waals surface area contributed by atoms with E-state index in [0.717, 1.165) is 15.6 Å². The molecule has 0 saturated carbocycles. The lowest BCUT2D eigenvalue weighted by atomic mass is 10.1. The van der Waals surface area contributed by atoms with Gasteiger partial charge in [0.2, 0.25) is 5.88 Å². The minimum atomic E-state index is 0.296. The van der Waals surface area contributed by atoms with E-state index < -0.39 is 0 Å². The fourth-order valence-corrected chi connectivity index (χ4v) is 2.07. The number of hydrogen-bond acceptors (Lipinski definition) is 3. The van der Waals surface area contributed by atoms with E-state index >= 15 is 0 Å². The first-order valence-electron chi connectivity index (χ1n) is 6.20. The summed E-state index contributed by atoms with van der Waals surface area (Å²) in [5.41, 5.74) is 2.26. The number of nitrogens with one attached hydrogen (secondary N) is 1. The Labute approximate surface area is 122 Å². The van der Waals surface area contributed by atoms with E-state index in [2.05, 4.69) is 33.2 Å². The van der Waals surface area contributed by atoms with Gasteiger partial charge in [-0.15, -0.1) is 0 Å². The van der Waals surface area contributed by atoms with Crippen molar-refractivity contribution < 1.29 is 4.74 Å². The van der Waals surface area contributed by atoms with Crippen LogP contribution in [-0.4, -0.2) is 12.0 Å². The lowest BCUT2D eigenvalue weighted by molar-refractivity contribution is 0.293. The third-order valence-electron chi connectivity index (χ3n) is 3.03. The van der Waals surface area contributed by atoms with Crippen LogP contribution in [0.15, 0.2) is 47.1 Å². The van der Waals surface area contributed by atoms with Crippen LogP contribution < -0.4 is 10.1 Å². The largest absolute Gasteiger partial charge is 0.473 e. The lowest BCUT2D eigenvalue weighted by Crippen LogP contribution is -2.12. The summed E-state index contributed by atoms with van der Waals surface area (Å²) in [7, 11) is 1.93. The fourth-order valence-electron chi connectivity index (χ4n) is 1.67. The van der Waals surface area contributed by atoms with E-state index in [9.17, 15) is 0 Å². The van der Waals surface area contributed by atoms with Crippen LogP contribution in [0.1, 0.15) is 24.1 Å². The van der Waals surface area contributed by atoms with Crippen molar-refractivity contribution >= 4 is 15.9 Å². The van der Waals surface area contributed by atoms with Crippen LogP contribution in [-0.2, 0) is 6.61 Å². The average Bonchev–Trinajstić information content (AvgIpc) is 2.46. The van der Waals surface area contributed by atoms with Crippen molar-refractivity contribution in [1.29, 1.82) is 0 Å². The van der Waals surface area contributed by atoms with Gasteiger partial charge in [-0.25, -0.2) is 4.98 Å². The lowest BCUT2D eigenvalue weighted by Gasteiger charge is -2.11.